The summed E-state index contributed by atoms with van der Waals surface area (Å²) in [6.45, 7) is 3.70. The molecule has 6 heteroatoms. The summed E-state index contributed by atoms with van der Waals surface area (Å²) in [5.74, 6) is 0. The Hall–Kier alpha value is -0.950. The van der Waals surface area contributed by atoms with Gasteiger partial charge in [-0.2, -0.15) is 4.31 Å². The van der Waals surface area contributed by atoms with Crippen LogP contribution in [0.1, 0.15) is 38.2 Å². The van der Waals surface area contributed by atoms with Crippen LogP contribution in [0.15, 0.2) is 29.2 Å². The highest BCUT2D eigenvalue weighted by molar-refractivity contribution is 7.89. The van der Waals surface area contributed by atoms with Crippen LogP contribution in [-0.4, -0.2) is 47.7 Å². The van der Waals surface area contributed by atoms with Gasteiger partial charge in [-0.05, 0) is 44.7 Å². The molecule has 1 saturated heterocycles. The van der Waals surface area contributed by atoms with Gasteiger partial charge >= 0.3 is 0 Å². The molecule has 0 saturated carbocycles. The van der Waals surface area contributed by atoms with Gasteiger partial charge in [-0.1, -0.05) is 24.6 Å². The minimum Gasteiger partial charge on any atom is -0.396 e. The third kappa shape index (κ3) is 3.35. The molecule has 0 unspecified atom stereocenters. The van der Waals surface area contributed by atoms with Crippen LogP contribution in [0, 0.1) is 6.92 Å². The Morgan fingerprint density at radius 2 is 1.91 bits per heavy atom. The number of benzene rings is 1. The summed E-state index contributed by atoms with van der Waals surface area (Å²) in [4.78, 5) is 0.247. The fraction of sp³-hybridized carbons (Fsp3) is 0.625. The van der Waals surface area contributed by atoms with Crippen LogP contribution in [0.5, 0.6) is 0 Å². The van der Waals surface area contributed by atoms with Crippen LogP contribution in [-0.2, 0) is 10.0 Å². The van der Waals surface area contributed by atoms with E-state index in [1.807, 2.05) is 13.8 Å². The zero-order valence-corrected chi connectivity index (χ0v) is 14.0. The number of aryl methyl sites for hydroxylation is 1. The Morgan fingerprint density at radius 3 is 2.45 bits per heavy atom. The molecule has 3 atom stereocenters. The summed E-state index contributed by atoms with van der Waals surface area (Å²) in [5, 5.41) is 19.4. The predicted molar refractivity (Wildman–Crippen MR) is 85.0 cm³/mol. The zero-order valence-electron chi connectivity index (χ0n) is 13.1. The Kier molecular flexibility index (Phi) is 5.60. The number of hydrogen-bond donors (Lipinski definition) is 2. The van der Waals surface area contributed by atoms with Gasteiger partial charge in [-0.3, -0.25) is 0 Å². The Bertz CT molecular complexity index is 585. The number of hydrogen-bond acceptors (Lipinski definition) is 4. The quantitative estimate of drug-likeness (QED) is 0.833. The molecule has 1 fully saturated rings. The Balaban J connectivity index is 2.39. The van der Waals surface area contributed by atoms with Gasteiger partial charge in [0.15, 0.2) is 0 Å². The van der Waals surface area contributed by atoms with Crippen molar-refractivity contribution in [3.05, 3.63) is 29.8 Å². The SMILES string of the molecule is CC[C@@H](O)[C@@H]1CC[C@H](CCO)N1S(=O)(=O)c1ccc(C)cc1. The molecule has 1 aliphatic heterocycles. The van der Waals surface area contributed by atoms with Crippen LogP contribution in [0.3, 0.4) is 0 Å². The lowest BCUT2D eigenvalue weighted by Gasteiger charge is -2.31. The summed E-state index contributed by atoms with van der Waals surface area (Å²) in [7, 11) is -3.67. The van der Waals surface area contributed by atoms with E-state index in [2.05, 4.69) is 0 Å². The van der Waals surface area contributed by atoms with Crippen LogP contribution < -0.4 is 0 Å². The van der Waals surface area contributed by atoms with Crippen molar-refractivity contribution in [2.24, 2.45) is 0 Å². The van der Waals surface area contributed by atoms with E-state index in [4.69, 9.17) is 0 Å². The first-order chi connectivity index (χ1) is 10.4. The second-order valence-corrected chi connectivity index (χ2v) is 7.78. The van der Waals surface area contributed by atoms with Crippen molar-refractivity contribution in [1.82, 2.24) is 4.31 Å². The Morgan fingerprint density at radius 1 is 1.27 bits per heavy atom. The van der Waals surface area contributed by atoms with Crippen molar-refractivity contribution in [3.63, 3.8) is 0 Å². The molecule has 1 aromatic rings. The van der Waals surface area contributed by atoms with Gasteiger partial charge in [-0.25, -0.2) is 8.42 Å². The molecule has 22 heavy (non-hydrogen) atoms. The molecule has 2 rings (SSSR count). The fourth-order valence-electron chi connectivity index (χ4n) is 3.15. The maximum Gasteiger partial charge on any atom is 0.243 e. The minimum atomic E-state index is -3.67. The molecular formula is C16H25NO4S. The summed E-state index contributed by atoms with van der Waals surface area (Å²) in [6.07, 6.45) is 1.54. The Labute approximate surface area is 132 Å². The number of nitrogens with zero attached hydrogens (tertiary/aromatic N) is 1. The molecule has 124 valence electrons. The summed E-state index contributed by atoms with van der Waals surface area (Å²) >= 11 is 0. The first-order valence-electron chi connectivity index (χ1n) is 7.81. The number of aliphatic hydroxyl groups is 2. The average Bonchev–Trinajstić information content (AvgIpc) is 2.92. The highest BCUT2D eigenvalue weighted by Crippen LogP contribution is 2.34. The topological polar surface area (TPSA) is 77.8 Å². The standard InChI is InChI=1S/C16H25NO4S/c1-3-16(19)15-9-6-13(10-11-18)17(15)22(20,21)14-7-4-12(2)5-8-14/h4-5,7-8,13,15-16,18-19H,3,6,9-11H2,1-2H3/t13-,15+,16-/m1/s1. The second kappa shape index (κ2) is 7.08. The maximum absolute atomic E-state index is 13.0. The van der Waals surface area contributed by atoms with Crippen molar-refractivity contribution in [2.45, 2.75) is 62.6 Å². The van der Waals surface area contributed by atoms with E-state index in [-0.39, 0.29) is 17.5 Å². The highest BCUT2D eigenvalue weighted by atomic mass is 32.2. The van der Waals surface area contributed by atoms with Crippen LogP contribution in [0.25, 0.3) is 0 Å². The van der Waals surface area contributed by atoms with E-state index in [1.165, 1.54) is 4.31 Å². The molecule has 0 radical (unpaired) electrons. The van der Waals surface area contributed by atoms with E-state index in [0.29, 0.717) is 25.7 Å². The minimum absolute atomic E-state index is 0.0560. The highest BCUT2D eigenvalue weighted by Gasteiger charge is 2.44. The largest absolute Gasteiger partial charge is 0.396 e. The molecule has 1 aromatic carbocycles. The van der Waals surface area contributed by atoms with Gasteiger partial charge in [0, 0.05) is 12.6 Å². The van der Waals surface area contributed by atoms with Crippen LogP contribution in [0.2, 0.25) is 0 Å². The predicted octanol–water partition coefficient (Wildman–Crippen LogP) is 1.67. The van der Waals surface area contributed by atoms with Crippen molar-refractivity contribution in [3.8, 4) is 0 Å². The lowest BCUT2D eigenvalue weighted by Crippen LogP contribution is -2.46. The van der Waals surface area contributed by atoms with Crippen LogP contribution >= 0.6 is 0 Å². The third-order valence-electron chi connectivity index (χ3n) is 4.40. The molecular weight excluding hydrogens is 302 g/mol. The lowest BCUT2D eigenvalue weighted by atomic mass is 10.1. The normalized spacial score (nSPS) is 24.5. The summed E-state index contributed by atoms with van der Waals surface area (Å²) in [5.41, 5.74) is 0.998. The maximum atomic E-state index is 13.0. The molecule has 1 heterocycles. The van der Waals surface area contributed by atoms with Gasteiger partial charge in [0.1, 0.15) is 0 Å². The van der Waals surface area contributed by atoms with E-state index < -0.39 is 22.2 Å². The number of sulfonamides is 1. The van der Waals surface area contributed by atoms with Crippen LogP contribution in [0.4, 0.5) is 0 Å². The molecule has 1 aliphatic rings. The lowest BCUT2D eigenvalue weighted by molar-refractivity contribution is 0.0914. The fourth-order valence-corrected chi connectivity index (χ4v) is 5.08. The van der Waals surface area contributed by atoms with Gasteiger partial charge in [0.2, 0.25) is 10.0 Å². The van der Waals surface area contributed by atoms with Crippen molar-refractivity contribution >= 4 is 10.0 Å². The summed E-state index contributed by atoms with van der Waals surface area (Å²) < 4.78 is 27.4. The van der Waals surface area contributed by atoms with Crippen molar-refractivity contribution < 1.29 is 18.6 Å². The van der Waals surface area contributed by atoms with E-state index in [0.717, 1.165) is 5.56 Å². The molecule has 2 N–H and O–H groups in total. The zero-order chi connectivity index (χ0) is 16.3. The number of aliphatic hydroxyl groups excluding tert-OH is 2. The van der Waals surface area contributed by atoms with E-state index in [1.54, 1.807) is 24.3 Å². The molecule has 0 aliphatic carbocycles. The van der Waals surface area contributed by atoms with Gasteiger partial charge < -0.3 is 10.2 Å². The first kappa shape index (κ1) is 17.4. The van der Waals surface area contributed by atoms with Gasteiger partial charge in [0.05, 0.1) is 17.0 Å². The second-order valence-electron chi connectivity index (χ2n) is 5.93. The molecule has 0 bridgehead atoms. The van der Waals surface area contributed by atoms with Gasteiger partial charge in [0.25, 0.3) is 0 Å². The monoisotopic (exact) mass is 327 g/mol. The van der Waals surface area contributed by atoms with Gasteiger partial charge in [-0.15, -0.1) is 0 Å². The third-order valence-corrected chi connectivity index (χ3v) is 6.40. The molecule has 5 nitrogen and oxygen atoms in total. The smallest absolute Gasteiger partial charge is 0.243 e. The van der Waals surface area contributed by atoms with Crippen molar-refractivity contribution in [2.75, 3.05) is 6.61 Å². The molecule has 0 amide bonds. The molecule has 0 aromatic heterocycles. The first-order valence-corrected chi connectivity index (χ1v) is 9.25. The van der Waals surface area contributed by atoms with E-state index in [9.17, 15) is 18.6 Å². The number of rotatable bonds is 6. The van der Waals surface area contributed by atoms with E-state index >= 15 is 0 Å². The molecule has 0 spiro atoms. The van der Waals surface area contributed by atoms with Crippen molar-refractivity contribution in [1.29, 1.82) is 0 Å². The summed E-state index contributed by atoms with van der Waals surface area (Å²) in [6, 6.07) is 6.10. The average molecular weight is 327 g/mol.